The van der Waals surface area contributed by atoms with Crippen molar-refractivity contribution >= 4 is 40.2 Å². The van der Waals surface area contributed by atoms with Crippen molar-refractivity contribution in [3.63, 3.8) is 0 Å². The van der Waals surface area contributed by atoms with Gasteiger partial charge in [0.25, 0.3) is 0 Å². The Balaban J connectivity index is 2.77. The molecule has 2 aromatic rings. The molecule has 0 aliphatic heterocycles. The molecule has 8 nitrogen and oxygen atoms in total. The Bertz CT molecular complexity index is 614. The largest absolute Gasteiger partial charge is 0.382 e. The van der Waals surface area contributed by atoms with Crippen LogP contribution in [0.1, 0.15) is 0 Å². The zero-order valence-electron chi connectivity index (χ0n) is 11.1. The van der Waals surface area contributed by atoms with E-state index in [2.05, 4.69) is 25.4 Å². The summed E-state index contributed by atoms with van der Waals surface area (Å²) >= 11 is 5.89. The molecule has 0 spiro atoms. The molecule has 0 unspecified atom stereocenters. The van der Waals surface area contributed by atoms with E-state index in [0.29, 0.717) is 22.8 Å². The van der Waals surface area contributed by atoms with Gasteiger partial charge in [-0.25, -0.2) is 15.4 Å². The molecular formula is C10H15ClN8. The van der Waals surface area contributed by atoms with Crippen molar-refractivity contribution in [1.29, 1.82) is 0 Å². The van der Waals surface area contributed by atoms with Gasteiger partial charge >= 0.3 is 0 Å². The molecule has 0 saturated carbocycles. The summed E-state index contributed by atoms with van der Waals surface area (Å²) in [6.07, 6.45) is 0. The summed E-state index contributed by atoms with van der Waals surface area (Å²) in [6, 6.07) is 0. The maximum Gasteiger partial charge on any atom is 0.242 e. The Hall–Kier alpha value is -1.93. The minimum atomic E-state index is 0.112. The topological polar surface area (TPSA) is 96.1 Å². The molecule has 2 aromatic heterocycles. The molecule has 0 radical (unpaired) electrons. The van der Waals surface area contributed by atoms with Crippen LogP contribution in [0.2, 0.25) is 5.28 Å². The predicted molar refractivity (Wildman–Crippen MR) is 76.3 cm³/mol. The van der Waals surface area contributed by atoms with E-state index in [1.165, 1.54) is 0 Å². The van der Waals surface area contributed by atoms with Crippen LogP contribution in [-0.4, -0.2) is 48.1 Å². The van der Waals surface area contributed by atoms with Crippen molar-refractivity contribution in [2.75, 3.05) is 43.8 Å². The number of nitrogen functional groups attached to an aromatic ring is 1. The molecule has 2 heterocycles. The standard InChI is InChI=1S/C10H15ClN8/c1-13-19(4)10-15-6-5(7(12)16-10)14-9(11)17-8(6)18(2)3/h13H,1-4H3,(H2,12,15,16). The first-order valence-corrected chi connectivity index (χ1v) is 5.91. The van der Waals surface area contributed by atoms with E-state index in [1.807, 2.05) is 14.1 Å². The van der Waals surface area contributed by atoms with Crippen molar-refractivity contribution in [3.05, 3.63) is 5.28 Å². The second kappa shape index (κ2) is 4.98. The summed E-state index contributed by atoms with van der Waals surface area (Å²) in [5.74, 6) is 1.28. The molecule has 0 aromatic carbocycles. The highest BCUT2D eigenvalue weighted by Gasteiger charge is 2.16. The molecule has 9 heteroatoms. The summed E-state index contributed by atoms with van der Waals surface area (Å²) in [5.41, 5.74) is 9.82. The van der Waals surface area contributed by atoms with Crippen LogP contribution in [-0.2, 0) is 0 Å². The van der Waals surface area contributed by atoms with Gasteiger partial charge in [0.1, 0.15) is 11.0 Å². The minimum absolute atomic E-state index is 0.112. The fourth-order valence-corrected chi connectivity index (χ4v) is 1.71. The fraction of sp³-hybridized carbons (Fsp3) is 0.400. The van der Waals surface area contributed by atoms with Crippen molar-refractivity contribution < 1.29 is 0 Å². The van der Waals surface area contributed by atoms with E-state index in [0.717, 1.165) is 0 Å². The Morgan fingerprint density at radius 3 is 2.32 bits per heavy atom. The number of nitrogens with one attached hydrogen (secondary N) is 1. The number of hydrogen-bond donors (Lipinski definition) is 2. The van der Waals surface area contributed by atoms with Gasteiger partial charge in [-0.05, 0) is 11.6 Å². The molecule has 3 N–H and O–H groups in total. The highest BCUT2D eigenvalue weighted by atomic mass is 35.5. The molecule has 0 aliphatic carbocycles. The SMILES string of the molecule is CNN(C)c1nc(N)c2nc(Cl)nc(N(C)C)c2n1. The number of nitrogens with zero attached hydrogens (tertiary/aromatic N) is 6. The van der Waals surface area contributed by atoms with Crippen LogP contribution in [0, 0.1) is 0 Å². The van der Waals surface area contributed by atoms with Gasteiger partial charge in [0, 0.05) is 28.2 Å². The first-order valence-electron chi connectivity index (χ1n) is 5.53. The van der Waals surface area contributed by atoms with Gasteiger partial charge in [-0.1, -0.05) is 0 Å². The average Bonchev–Trinajstić information content (AvgIpc) is 2.37. The van der Waals surface area contributed by atoms with Gasteiger partial charge in [-0.2, -0.15) is 9.97 Å². The lowest BCUT2D eigenvalue weighted by Gasteiger charge is -2.18. The van der Waals surface area contributed by atoms with Gasteiger partial charge in [-0.3, -0.25) is 5.01 Å². The molecule has 0 aliphatic rings. The maximum atomic E-state index is 5.91. The van der Waals surface area contributed by atoms with E-state index < -0.39 is 0 Å². The third-order valence-corrected chi connectivity index (χ3v) is 2.74. The summed E-state index contributed by atoms with van der Waals surface area (Å²) in [5, 5.41) is 1.75. The van der Waals surface area contributed by atoms with E-state index in [4.69, 9.17) is 17.3 Å². The van der Waals surface area contributed by atoms with Crippen molar-refractivity contribution in [3.8, 4) is 0 Å². The van der Waals surface area contributed by atoms with E-state index >= 15 is 0 Å². The molecule has 0 atom stereocenters. The zero-order valence-corrected chi connectivity index (χ0v) is 11.9. The van der Waals surface area contributed by atoms with Crippen molar-refractivity contribution in [2.24, 2.45) is 0 Å². The highest BCUT2D eigenvalue weighted by molar-refractivity contribution is 6.29. The van der Waals surface area contributed by atoms with Gasteiger partial charge in [-0.15, -0.1) is 0 Å². The second-order valence-electron chi connectivity index (χ2n) is 4.10. The van der Waals surface area contributed by atoms with Crippen LogP contribution in [0.3, 0.4) is 0 Å². The normalized spacial score (nSPS) is 10.8. The van der Waals surface area contributed by atoms with Crippen LogP contribution >= 0.6 is 11.6 Å². The zero-order chi connectivity index (χ0) is 14.2. The smallest absolute Gasteiger partial charge is 0.242 e. The lowest BCUT2D eigenvalue weighted by molar-refractivity contribution is 0.761. The van der Waals surface area contributed by atoms with Crippen molar-refractivity contribution in [1.82, 2.24) is 25.4 Å². The number of hydrogen-bond acceptors (Lipinski definition) is 8. The van der Waals surface area contributed by atoms with E-state index in [1.54, 1.807) is 24.0 Å². The van der Waals surface area contributed by atoms with Crippen LogP contribution in [0.4, 0.5) is 17.6 Å². The Labute approximate surface area is 115 Å². The van der Waals surface area contributed by atoms with Crippen LogP contribution in [0.5, 0.6) is 0 Å². The quantitative estimate of drug-likeness (QED) is 0.613. The maximum absolute atomic E-state index is 5.91. The number of nitrogens with two attached hydrogens (primary N) is 1. The number of anilines is 3. The molecule has 0 fully saturated rings. The molecule has 19 heavy (non-hydrogen) atoms. The number of hydrazine groups is 1. The Morgan fingerprint density at radius 2 is 1.74 bits per heavy atom. The summed E-state index contributed by atoms with van der Waals surface area (Å²) in [7, 11) is 7.23. The fourth-order valence-electron chi connectivity index (χ4n) is 1.55. The molecule has 2 rings (SSSR count). The molecule has 102 valence electrons. The van der Waals surface area contributed by atoms with Crippen LogP contribution in [0.25, 0.3) is 11.0 Å². The monoisotopic (exact) mass is 282 g/mol. The first-order chi connectivity index (χ1) is 8.93. The highest BCUT2D eigenvalue weighted by Crippen LogP contribution is 2.26. The molecule has 0 saturated heterocycles. The minimum Gasteiger partial charge on any atom is -0.382 e. The second-order valence-corrected chi connectivity index (χ2v) is 4.44. The van der Waals surface area contributed by atoms with E-state index in [-0.39, 0.29) is 11.1 Å². The lowest BCUT2D eigenvalue weighted by Crippen LogP contribution is -2.32. The number of halogens is 1. The van der Waals surface area contributed by atoms with Gasteiger partial charge in [0.15, 0.2) is 11.6 Å². The van der Waals surface area contributed by atoms with Gasteiger partial charge in [0.2, 0.25) is 11.2 Å². The third-order valence-electron chi connectivity index (χ3n) is 2.57. The van der Waals surface area contributed by atoms with E-state index in [9.17, 15) is 0 Å². The Kier molecular flexibility index (Phi) is 3.54. The number of rotatable bonds is 3. The molecule has 0 bridgehead atoms. The lowest BCUT2D eigenvalue weighted by atomic mass is 10.3. The number of aromatic nitrogens is 4. The Morgan fingerprint density at radius 1 is 1.05 bits per heavy atom. The molecular weight excluding hydrogens is 268 g/mol. The van der Waals surface area contributed by atoms with Crippen LogP contribution in [0.15, 0.2) is 0 Å². The number of fused-ring (bicyclic) bond motifs is 1. The van der Waals surface area contributed by atoms with Crippen molar-refractivity contribution in [2.45, 2.75) is 0 Å². The summed E-state index contributed by atoms with van der Waals surface area (Å²) in [4.78, 5) is 18.6. The third kappa shape index (κ3) is 2.45. The van der Waals surface area contributed by atoms with Gasteiger partial charge < -0.3 is 10.6 Å². The summed E-state index contributed by atoms with van der Waals surface area (Å²) in [6.45, 7) is 0. The molecule has 0 amide bonds. The first kappa shape index (κ1) is 13.5. The average molecular weight is 283 g/mol. The summed E-state index contributed by atoms with van der Waals surface area (Å²) < 4.78 is 0. The van der Waals surface area contributed by atoms with Crippen LogP contribution < -0.4 is 21.1 Å². The predicted octanol–water partition coefficient (Wildman–Crippen LogP) is 0.292. The van der Waals surface area contributed by atoms with Gasteiger partial charge in [0.05, 0.1) is 0 Å².